The summed E-state index contributed by atoms with van der Waals surface area (Å²) in [5, 5.41) is 0. The van der Waals surface area contributed by atoms with Crippen LogP contribution in [0.3, 0.4) is 0 Å². The first-order valence-corrected chi connectivity index (χ1v) is 14.5. The van der Waals surface area contributed by atoms with Crippen LogP contribution < -0.4 is 0 Å². The molecule has 0 aromatic heterocycles. The Kier molecular flexibility index (Phi) is 12.3. The second-order valence-electron chi connectivity index (χ2n) is 9.08. The van der Waals surface area contributed by atoms with Gasteiger partial charge in [0.2, 0.25) is 0 Å². The highest BCUT2D eigenvalue weighted by Crippen LogP contribution is 2.41. The minimum Gasteiger partial charge on any atom is -0.379 e. The van der Waals surface area contributed by atoms with Crippen molar-refractivity contribution >= 4 is 29.3 Å². The maximum absolute atomic E-state index is 12.9. The Morgan fingerprint density at radius 2 is 1.82 bits per heavy atom. The Labute approximate surface area is 207 Å². The Morgan fingerprint density at radius 1 is 1.06 bits per heavy atom. The molecule has 9 heteroatoms. The number of hydrogen-bond acceptors (Lipinski definition) is 9. The zero-order valence-electron chi connectivity index (χ0n) is 20.5. The van der Waals surface area contributed by atoms with Crippen molar-refractivity contribution in [2.45, 2.75) is 93.4 Å². The topological polar surface area (TPSA) is 72.5 Å². The first kappa shape index (κ1) is 27.7. The van der Waals surface area contributed by atoms with Crippen LogP contribution in [0.25, 0.3) is 0 Å². The van der Waals surface area contributed by atoms with Crippen LogP contribution in [0.2, 0.25) is 0 Å². The SMILES string of the molecule is CCOCCOCCC[C@H]1O[C@H]2CCC(=O)[C@H](C3SCCCS3)O[C@@H]2CC[C@]1(C)OCOC. The molecule has 0 amide bonds. The molecule has 0 aromatic rings. The van der Waals surface area contributed by atoms with E-state index >= 15 is 0 Å². The molecular weight excluding hydrogens is 464 g/mol. The van der Waals surface area contributed by atoms with Gasteiger partial charge in [0.1, 0.15) is 12.9 Å². The summed E-state index contributed by atoms with van der Waals surface area (Å²) in [6, 6.07) is 0. The lowest BCUT2D eigenvalue weighted by Gasteiger charge is -2.36. The molecule has 3 heterocycles. The van der Waals surface area contributed by atoms with E-state index in [1.807, 2.05) is 30.4 Å². The van der Waals surface area contributed by atoms with E-state index in [1.54, 1.807) is 7.11 Å². The van der Waals surface area contributed by atoms with Crippen LogP contribution in [0.1, 0.15) is 58.8 Å². The van der Waals surface area contributed by atoms with Gasteiger partial charge in [0.05, 0.1) is 41.7 Å². The van der Waals surface area contributed by atoms with Crippen LogP contribution in [-0.4, -0.2) is 92.2 Å². The molecule has 192 valence electrons. The number of carbonyl (C=O) groups excluding carboxylic acids is 1. The lowest BCUT2D eigenvalue weighted by atomic mass is 9.90. The van der Waals surface area contributed by atoms with Crippen LogP contribution in [0.4, 0.5) is 0 Å². The van der Waals surface area contributed by atoms with E-state index in [2.05, 4.69) is 6.92 Å². The van der Waals surface area contributed by atoms with Gasteiger partial charge in [0.25, 0.3) is 0 Å². The van der Waals surface area contributed by atoms with Crippen LogP contribution in [0.15, 0.2) is 0 Å². The smallest absolute Gasteiger partial charge is 0.163 e. The number of fused-ring (bicyclic) bond motifs is 1. The zero-order chi connectivity index (χ0) is 23.5. The van der Waals surface area contributed by atoms with E-state index in [-0.39, 0.29) is 41.6 Å². The molecule has 0 unspecified atom stereocenters. The largest absolute Gasteiger partial charge is 0.379 e. The summed E-state index contributed by atoms with van der Waals surface area (Å²) in [4.78, 5) is 12.9. The predicted molar refractivity (Wildman–Crippen MR) is 132 cm³/mol. The van der Waals surface area contributed by atoms with E-state index in [1.165, 1.54) is 6.42 Å². The number of methoxy groups -OCH3 is 1. The highest BCUT2D eigenvalue weighted by molar-refractivity contribution is 8.17. The summed E-state index contributed by atoms with van der Waals surface area (Å²) in [6.07, 6.45) is 5.15. The number of carbonyl (C=O) groups is 1. The van der Waals surface area contributed by atoms with Crippen molar-refractivity contribution < 1.29 is 33.2 Å². The van der Waals surface area contributed by atoms with Gasteiger partial charge in [-0.2, -0.15) is 0 Å². The van der Waals surface area contributed by atoms with Crippen LogP contribution >= 0.6 is 23.5 Å². The fourth-order valence-corrected chi connectivity index (χ4v) is 7.70. The van der Waals surface area contributed by atoms with Gasteiger partial charge < -0.3 is 28.4 Å². The van der Waals surface area contributed by atoms with Gasteiger partial charge >= 0.3 is 0 Å². The first-order chi connectivity index (χ1) is 16.1. The molecule has 5 atom stereocenters. The highest BCUT2D eigenvalue weighted by atomic mass is 32.2. The summed E-state index contributed by atoms with van der Waals surface area (Å²) in [6.45, 7) is 6.93. The molecule has 3 aliphatic rings. The van der Waals surface area contributed by atoms with Crippen molar-refractivity contribution in [1.29, 1.82) is 0 Å². The maximum Gasteiger partial charge on any atom is 0.163 e. The van der Waals surface area contributed by atoms with Gasteiger partial charge in [-0.05, 0) is 63.9 Å². The van der Waals surface area contributed by atoms with Gasteiger partial charge in [-0.3, -0.25) is 4.79 Å². The number of ketones is 1. The van der Waals surface area contributed by atoms with Crippen LogP contribution in [0, 0.1) is 0 Å². The fourth-order valence-electron chi connectivity index (χ4n) is 4.68. The van der Waals surface area contributed by atoms with Crippen molar-refractivity contribution in [3.8, 4) is 0 Å². The van der Waals surface area contributed by atoms with Gasteiger partial charge in [0.15, 0.2) is 5.78 Å². The minimum atomic E-state index is -0.468. The molecule has 0 aliphatic carbocycles. The van der Waals surface area contributed by atoms with E-state index in [0.29, 0.717) is 39.3 Å². The number of hydrogen-bond donors (Lipinski definition) is 0. The third-order valence-corrected chi connectivity index (χ3v) is 9.63. The molecule has 7 nitrogen and oxygen atoms in total. The molecule has 0 N–H and O–H groups in total. The van der Waals surface area contributed by atoms with Gasteiger partial charge in [-0.15, -0.1) is 23.5 Å². The summed E-state index contributed by atoms with van der Waals surface area (Å²) < 4.78 is 35.9. The van der Waals surface area contributed by atoms with E-state index in [9.17, 15) is 4.79 Å². The van der Waals surface area contributed by atoms with Gasteiger partial charge in [-0.1, -0.05) is 0 Å². The summed E-state index contributed by atoms with van der Waals surface area (Å²) in [5.74, 6) is 2.44. The molecule has 3 aliphatic heterocycles. The van der Waals surface area contributed by atoms with Crippen LogP contribution in [0.5, 0.6) is 0 Å². The molecule has 0 spiro atoms. The summed E-state index contributed by atoms with van der Waals surface area (Å²) in [7, 11) is 1.64. The Hall–Kier alpha value is 0.130. The minimum absolute atomic E-state index is 0.0810. The predicted octanol–water partition coefficient (Wildman–Crippen LogP) is 4.06. The van der Waals surface area contributed by atoms with E-state index in [4.69, 9.17) is 28.4 Å². The van der Waals surface area contributed by atoms with Gasteiger partial charge in [-0.25, -0.2) is 0 Å². The lowest BCUT2D eigenvalue weighted by Crippen LogP contribution is -2.44. The third-order valence-electron chi connectivity index (χ3n) is 6.61. The average Bonchev–Trinajstić information content (AvgIpc) is 3.07. The fraction of sp³-hybridized carbons (Fsp3) is 0.958. The quantitative estimate of drug-likeness (QED) is 0.288. The second-order valence-corrected chi connectivity index (χ2v) is 11.9. The molecule has 0 aromatic carbocycles. The molecule has 0 saturated carbocycles. The highest BCUT2D eigenvalue weighted by Gasteiger charge is 2.46. The normalized spacial score (nSPS) is 34.0. The molecule has 3 rings (SSSR count). The zero-order valence-corrected chi connectivity index (χ0v) is 22.1. The first-order valence-electron chi connectivity index (χ1n) is 12.4. The van der Waals surface area contributed by atoms with Crippen molar-refractivity contribution in [2.75, 3.05) is 51.8 Å². The molecule has 3 fully saturated rings. The van der Waals surface area contributed by atoms with Crippen molar-refractivity contribution in [1.82, 2.24) is 0 Å². The summed E-state index contributed by atoms with van der Waals surface area (Å²) >= 11 is 3.74. The molecular formula is C24H42O7S2. The number of ether oxygens (including phenoxy) is 6. The monoisotopic (exact) mass is 506 g/mol. The van der Waals surface area contributed by atoms with Gasteiger partial charge in [0, 0.05) is 26.7 Å². The molecule has 3 saturated heterocycles. The van der Waals surface area contributed by atoms with Crippen LogP contribution in [-0.2, 0) is 33.2 Å². The number of Topliss-reactive ketones (excluding diaryl/α,β-unsaturated/α-hetero) is 1. The van der Waals surface area contributed by atoms with E-state index < -0.39 is 5.60 Å². The van der Waals surface area contributed by atoms with Crippen molar-refractivity contribution in [3.63, 3.8) is 0 Å². The lowest BCUT2D eigenvalue weighted by molar-refractivity contribution is -0.195. The van der Waals surface area contributed by atoms with E-state index in [0.717, 1.165) is 37.2 Å². The average molecular weight is 507 g/mol. The van der Waals surface area contributed by atoms with Crippen molar-refractivity contribution in [3.05, 3.63) is 0 Å². The Morgan fingerprint density at radius 3 is 2.58 bits per heavy atom. The maximum atomic E-state index is 12.9. The number of thioether (sulfide) groups is 2. The Bertz CT molecular complexity index is 575. The Balaban J connectivity index is 1.62. The number of rotatable bonds is 12. The molecule has 0 bridgehead atoms. The molecule has 33 heavy (non-hydrogen) atoms. The second kappa shape index (κ2) is 14.6. The third kappa shape index (κ3) is 8.34. The summed E-state index contributed by atoms with van der Waals surface area (Å²) in [5.41, 5.74) is -0.468. The van der Waals surface area contributed by atoms with Crippen molar-refractivity contribution in [2.24, 2.45) is 0 Å². The molecule has 0 radical (unpaired) electrons. The standard InChI is InChI=1S/C24H42O7S2/c1-4-27-13-14-28-12-5-7-21-24(2,29-17-26-3)11-10-20-19(30-21)9-8-18(25)22(31-20)23-32-15-6-16-33-23/h19-23H,4-17H2,1-3H3/t19-,20+,21+,22+,24-/m0/s1.